The van der Waals surface area contributed by atoms with Gasteiger partial charge in [-0.05, 0) is 27.2 Å². The van der Waals surface area contributed by atoms with Gasteiger partial charge in [0.15, 0.2) is 5.16 Å². The van der Waals surface area contributed by atoms with Crippen LogP contribution >= 0.6 is 11.8 Å². The topological polar surface area (TPSA) is 86.5 Å². The average Bonchev–Trinajstić information content (AvgIpc) is 2.68. The van der Waals surface area contributed by atoms with E-state index >= 15 is 0 Å². The quantitative estimate of drug-likeness (QED) is 0.720. The molecule has 0 aliphatic heterocycles. The third-order valence-corrected chi connectivity index (χ3v) is 3.38. The lowest BCUT2D eigenvalue weighted by molar-refractivity contribution is 0.522. The Kier molecular flexibility index (Phi) is 5.95. The SMILES string of the molecule is CCn1c(SCCC(C#N)NC(C)C)n[nH]c1=O. The Labute approximate surface area is 111 Å². The Balaban J connectivity index is 2.46. The van der Waals surface area contributed by atoms with Gasteiger partial charge in [-0.15, -0.1) is 5.10 Å². The van der Waals surface area contributed by atoms with Gasteiger partial charge < -0.3 is 0 Å². The maximum absolute atomic E-state index is 11.3. The smallest absolute Gasteiger partial charge is 0.300 e. The van der Waals surface area contributed by atoms with Crippen molar-refractivity contribution in [3.63, 3.8) is 0 Å². The molecule has 0 bridgehead atoms. The van der Waals surface area contributed by atoms with E-state index in [1.165, 1.54) is 11.8 Å². The molecule has 0 spiro atoms. The van der Waals surface area contributed by atoms with E-state index in [-0.39, 0.29) is 11.7 Å². The van der Waals surface area contributed by atoms with Crippen LogP contribution in [0, 0.1) is 11.3 Å². The minimum absolute atomic E-state index is 0.154. The van der Waals surface area contributed by atoms with Crippen LogP contribution in [0.4, 0.5) is 0 Å². The van der Waals surface area contributed by atoms with Crippen molar-refractivity contribution in [1.29, 1.82) is 5.26 Å². The van der Waals surface area contributed by atoms with E-state index in [0.29, 0.717) is 17.7 Å². The third kappa shape index (κ3) is 4.20. The number of thioether (sulfide) groups is 1. The average molecular weight is 269 g/mol. The van der Waals surface area contributed by atoms with Crippen LogP contribution in [-0.4, -0.2) is 32.6 Å². The molecule has 0 amide bonds. The highest BCUT2D eigenvalue weighted by Gasteiger charge is 2.11. The summed E-state index contributed by atoms with van der Waals surface area (Å²) in [4.78, 5) is 11.3. The molecule has 1 aromatic rings. The van der Waals surface area contributed by atoms with E-state index in [9.17, 15) is 4.79 Å². The first-order valence-corrected chi connectivity index (χ1v) is 7.00. The number of aromatic amines is 1. The summed E-state index contributed by atoms with van der Waals surface area (Å²) in [5.41, 5.74) is -0.183. The first kappa shape index (κ1) is 14.8. The molecular formula is C11H19N5OS. The number of hydrogen-bond donors (Lipinski definition) is 2. The second-order valence-corrected chi connectivity index (χ2v) is 5.26. The fourth-order valence-corrected chi connectivity index (χ4v) is 2.56. The molecule has 0 aliphatic rings. The highest BCUT2D eigenvalue weighted by Crippen LogP contribution is 2.15. The molecule has 0 aromatic carbocycles. The number of hydrogen-bond acceptors (Lipinski definition) is 5. The zero-order valence-corrected chi connectivity index (χ0v) is 11.8. The molecule has 1 aromatic heterocycles. The van der Waals surface area contributed by atoms with Crippen LogP contribution < -0.4 is 11.0 Å². The number of nitrogens with zero attached hydrogens (tertiary/aromatic N) is 3. The summed E-state index contributed by atoms with van der Waals surface area (Å²) in [6, 6.07) is 2.37. The molecular weight excluding hydrogens is 250 g/mol. The molecule has 1 heterocycles. The summed E-state index contributed by atoms with van der Waals surface area (Å²) in [6.07, 6.45) is 0.726. The zero-order valence-electron chi connectivity index (χ0n) is 10.9. The highest BCUT2D eigenvalue weighted by atomic mass is 32.2. The molecule has 1 atom stereocenters. The lowest BCUT2D eigenvalue weighted by atomic mass is 10.2. The number of nitriles is 1. The Morgan fingerprint density at radius 3 is 2.89 bits per heavy atom. The van der Waals surface area contributed by atoms with E-state index in [1.807, 2.05) is 20.8 Å². The fourth-order valence-electron chi connectivity index (χ4n) is 1.55. The largest absolute Gasteiger partial charge is 0.343 e. The lowest BCUT2D eigenvalue weighted by Crippen LogP contribution is -2.34. The Morgan fingerprint density at radius 2 is 2.33 bits per heavy atom. The predicted molar refractivity (Wildman–Crippen MR) is 71.5 cm³/mol. The molecule has 6 nitrogen and oxygen atoms in total. The number of nitrogens with one attached hydrogen (secondary N) is 2. The monoisotopic (exact) mass is 269 g/mol. The van der Waals surface area contributed by atoms with Gasteiger partial charge in [0.25, 0.3) is 0 Å². The van der Waals surface area contributed by atoms with Crippen molar-refractivity contribution >= 4 is 11.8 Å². The summed E-state index contributed by atoms with van der Waals surface area (Å²) in [6.45, 7) is 6.53. The van der Waals surface area contributed by atoms with Crippen molar-refractivity contribution in [1.82, 2.24) is 20.1 Å². The first-order chi connectivity index (χ1) is 8.58. The predicted octanol–water partition coefficient (Wildman–Crippen LogP) is 0.964. The van der Waals surface area contributed by atoms with Gasteiger partial charge in [-0.25, -0.2) is 9.89 Å². The third-order valence-electron chi connectivity index (χ3n) is 2.37. The normalized spacial score (nSPS) is 12.6. The van der Waals surface area contributed by atoms with Crippen LogP contribution in [0.2, 0.25) is 0 Å². The molecule has 1 unspecified atom stereocenters. The van der Waals surface area contributed by atoms with Gasteiger partial charge in [-0.2, -0.15) is 5.26 Å². The van der Waals surface area contributed by atoms with E-state index in [0.717, 1.165) is 12.2 Å². The van der Waals surface area contributed by atoms with Crippen molar-refractivity contribution in [2.45, 2.75) is 51.0 Å². The van der Waals surface area contributed by atoms with Gasteiger partial charge in [0, 0.05) is 18.3 Å². The van der Waals surface area contributed by atoms with Crippen molar-refractivity contribution in [3.8, 4) is 6.07 Å². The Bertz CT molecular complexity index is 459. The highest BCUT2D eigenvalue weighted by molar-refractivity contribution is 7.99. The molecule has 0 fully saturated rings. The summed E-state index contributed by atoms with van der Waals surface area (Å²) < 4.78 is 1.59. The van der Waals surface area contributed by atoms with Gasteiger partial charge in [-0.1, -0.05) is 11.8 Å². The molecule has 7 heteroatoms. The van der Waals surface area contributed by atoms with Gasteiger partial charge in [0.2, 0.25) is 0 Å². The molecule has 0 aliphatic carbocycles. The first-order valence-electron chi connectivity index (χ1n) is 6.02. The molecule has 18 heavy (non-hydrogen) atoms. The van der Waals surface area contributed by atoms with E-state index in [4.69, 9.17) is 5.26 Å². The van der Waals surface area contributed by atoms with Crippen molar-refractivity contribution in [3.05, 3.63) is 10.5 Å². The standard InChI is InChI=1S/C11H19N5OS/c1-4-16-10(17)14-15-11(16)18-6-5-9(7-12)13-8(2)3/h8-9,13H,4-6H2,1-3H3,(H,14,17). The summed E-state index contributed by atoms with van der Waals surface area (Å²) in [5, 5.41) is 19.2. The number of rotatable bonds is 7. The molecule has 2 N–H and O–H groups in total. The number of aromatic nitrogens is 3. The van der Waals surface area contributed by atoms with Crippen molar-refractivity contribution < 1.29 is 0 Å². The molecule has 0 saturated heterocycles. The van der Waals surface area contributed by atoms with Crippen LogP contribution in [-0.2, 0) is 6.54 Å². The van der Waals surface area contributed by atoms with E-state index in [1.54, 1.807) is 4.57 Å². The van der Waals surface area contributed by atoms with Gasteiger partial charge >= 0.3 is 5.69 Å². The van der Waals surface area contributed by atoms with Crippen LogP contribution in [0.5, 0.6) is 0 Å². The van der Waals surface area contributed by atoms with Gasteiger partial charge in [-0.3, -0.25) is 9.88 Å². The van der Waals surface area contributed by atoms with Crippen LogP contribution in [0.15, 0.2) is 9.95 Å². The molecule has 0 radical (unpaired) electrons. The number of H-pyrrole nitrogens is 1. The summed E-state index contributed by atoms with van der Waals surface area (Å²) in [5.74, 6) is 0.752. The maximum atomic E-state index is 11.3. The zero-order chi connectivity index (χ0) is 13.5. The van der Waals surface area contributed by atoms with Gasteiger partial charge in [0.1, 0.15) is 0 Å². The van der Waals surface area contributed by atoms with Crippen LogP contribution in [0.1, 0.15) is 27.2 Å². The van der Waals surface area contributed by atoms with Crippen LogP contribution in [0.25, 0.3) is 0 Å². The molecule has 100 valence electrons. The van der Waals surface area contributed by atoms with Crippen LogP contribution in [0.3, 0.4) is 0 Å². The lowest BCUT2D eigenvalue weighted by Gasteiger charge is -2.13. The minimum atomic E-state index is -0.183. The van der Waals surface area contributed by atoms with Gasteiger partial charge in [0.05, 0.1) is 12.1 Å². The fraction of sp³-hybridized carbons (Fsp3) is 0.727. The minimum Gasteiger partial charge on any atom is -0.300 e. The molecule has 1 rings (SSSR count). The summed E-state index contributed by atoms with van der Waals surface area (Å²) in [7, 11) is 0. The maximum Gasteiger partial charge on any atom is 0.343 e. The Morgan fingerprint density at radius 1 is 1.61 bits per heavy atom. The van der Waals surface area contributed by atoms with E-state index < -0.39 is 0 Å². The van der Waals surface area contributed by atoms with E-state index in [2.05, 4.69) is 21.6 Å². The van der Waals surface area contributed by atoms with Crippen molar-refractivity contribution in [2.75, 3.05) is 5.75 Å². The second-order valence-electron chi connectivity index (χ2n) is 4.20. The molecule has 0 saturated carbocycles. The van der Waals surface area contributed by atoms with Crippen molar-refractivity contribution in [2.24, 2.45) is 0 Å². The summed E-state index contributed by atoms with van der Waals surface area (Å²) >= 11 is 1.49. The Hall–Kier alpha value is -1.26. The second kappa shape index (κ2) is 7.24.